The topological polar surface area (TPSA) is 57.5 Å². The Morgan fingerprint density at radius 3 is 2.47 bits per heavy atom. The van der Waals surface area contributed by atoms with Crippen molar-refractivity contribution >= 4 is 33.1 Å². The molecule has 158 valence electrons. The van der Waals surface area contributed by atoms with Crippen molar-refractivity contribution < 1.29 is 15.0 Å². The van der Waals surface area contributed by atoms with Crippen LogP contribution in [0.25, 0.3) is 27.1 Å². The summed E-state index contributed by atoms with van der Waals surface area (Å²) in [6.45, 7) is 0. The molecule has 0 aromatic heterocycles. The summed E-state index contributed by atoms with van der Waals surface area (Å²) < 4.78 is 0. The van der Waals surface area contributed by atoms with Crippen LogP contribution in [0.4, 0.5) is 0 Å². The Morgan fingerprint density at radius 2 is 1.62 bits per heavy atom. The highest BCUT2D eigenvalue weighted by atomic mass is 16.4. The van der Waals surface area contributed by atoms with Crippen LogP contribution in [0.15, 0.2) is 90.5 Å². The third-order valence-electron chi connectivity index (χ3n) is 6.39. The molecule has 32 heavy (non-hydrogen) atoms. The van der Waals surface area contributed by atoms with Crippen LogP contribution in [-0.4, -0.2) is 16.2 Å². The minimum absolute atomic E-state index is 0.332. The summed E-state index contributed by atoms with van der Waals surface area (Å²) in [6.07, 6.45) is 9.22. The summed E-state index contributed by atoms with van der Waals surface area (Å²) in [7, 11) is 0. The van der Waals surface area contributed by atoms with Gasteiger partial charge in [0.05, 0.1) is 5.56 Å². The van der Waals surface area contributed by atoms with Crippen molar-refractivity contribution in [3.63, 3.8) is 0 Å². The van der Waals surface area contributed by atoms with Gasteiger partial charge >= 0.3 is 5.97 Å². The Morgan fingerprint density at radius 1 is 0.781 bits per heavy atom. The van der Waals surface area contributed by atoms with Gasteiger partial charge in [-0.2, -0.15) is 0 Å². The zero-order chi connectivity index (χ0) is 22.1. The molecular formula is C29H24O3. The van der Waals surface area contributed by atoms with Gasteiger partial charge in [0.15, 0.2) is 0 Å². The average molecular weight is 421 g/mol. The van der Waals surface area contributed by atoms with E-state index in [9.17, 15) is 9.90 Å². The molecule has 0 fully saturated rings. The van der Waals surface area contributed by atoms with E-state index < -0.39 is 5.97 Å². The second-order valence-corrected chi connectivity index (χ2v) is 8.29. The molecule has 0 saturated heterocycles. The molecule has 0 heterocycles. The van der Waals surface area contributed by atoms with Gasteiger partial charge in [0.1, 0.15) is 5.75 Å². The third kappa shape index (κ3) is 3.67. The predicted molar refractivity (Wildman–Crippen MR) is 130 cm³/mol. The number of fused-ring (bicyclic) bond motifs is 5. The number of hydrogen-bond acceptors (Lipinski definition) is 2. The first-order valence-corrected chi connectivity index (χ1v) is 11.0. The van der Waals surface area contributed by atoms with E-state index in [0.717, 1.165) is 22.6 Å². The summed E-state index contributed by atoms with van der Waals surface area (Å²) in [5.41, 5.74) is 6.14. The molecular weight excluding hydrogens is 396 g/mol. The third-order valence-corrected chi connectivity index (χ3v) is 6.39. The Balaban J connectivity index is 0.000000146. The molecule has 6 rings (SSSR count). The number of aryl methyl sites for hydroxylation is 1. The van der Waals surface area contributed by atoms with Crippen molar-refractivity contribution in [1.29, 1.82) is 0 Å². The second kappa shape index (κ2) is 8.35. The highest BCUT2D eigenvalue weighted by Gasteiger charge is 2.20. The Hall–Kier alpha value is -3.85. The maximum absolute atomic E-state index is 10.6. The van der Waals surface area contributed by atoms with Gasteiger partial charge in [-0.25, -0.2) is 4.79 Å². The molecule has 0 aliphatic heterocycles. The van der Waals surface area contributed by atoms with Gasteiger partial charge in [0, 0.05) is 5.39 Å². The lowest BCUT2D eigenvalue weighted by Gasteiger charge is -2.25. The largest absolute Gasteiger partial charge is 0.507 e. The predicted octanol–water partition coefficient (Wildman–Crippen LogP) is 7.13. The molecule has 3 nitrogen and oxygen atoms in total. The number of phenols is 1. The highest BCUT2D eigenvalue weighted by molar-refractivity contribution is 5.97. The molecule has 0 radical (unpaired) electrons. The van der Waals surface area contributed by atoms with Crippen LogP contribution in [0.3, 0.4) is 0 Å². The SMILES string of the molecule is O=C(O)c1ccc2ccccc2c1.Oc1cccc2c3c(ccc12)C1=C(CCC=C1)CC3. The summed E-state index contributed by atoms with van der Waals surface area (Å²) in [4.78, 5) is 10.6. The number of aromatic carboxylic acids is 1. The van der Waals surface area contributed by atoms with Crippen LogP contribution in [-0.2, 0) is 6.42 Å². The van der Waals surface area contributed by atoms with Gasteiger partial charge in [-0.05, 0) is 76.7 Å². The lowest BCUT2D eigenvalue weighted by atomic mass is 9.79. The lowest BCUT2D eigenvalue weighted by molar-refractivity contribution is 0.0697. The summed E-state index contributed by atoms with van der Waals surface area (Å²) in [5.74, 6) is -0.495. The fraction of sp³-hybridized carbons (Fsp3) is 0.138. The van der Waals surface area contributed by atoms with Gasteiger partial charge in [-0.15, -0.1) is 0 Å². The number of carbonyl (C=O) groups is 1. The van der Waals surface area contributed by atoms with Crippen molar-refractivity contribution in [1.82, 2.24) is 0 Å². The quantitative estimate of drug-likeness (QED) is 0.344. The minimum atomic E-state index is -0.884. The van der Waals surface area contributed by atoms with Crippen LogP contribution in [0.5, 0.6) is 5.75 Å². The number of aromatic hydroxyl groups is 1. The van der Waals surface area contributed by atoms with Crippen LogP contribution >= 0.6 is 0 Å². The summed E-state index contributed by atoms with van der Waals surface area (Å²) in [6, 6.07) is 22.9. The van der Waals surface area contributed by atoms with E-state index in [1.165, 1.54) is 41.3 Å². The number of carboxylic acids is 1. The molecule has 0 spiro atoms. The van der Waals surface area contributed by atoms with Gasteiger partial charge in [-0.1, -0.05) is 72.3 Å². The highest BCUT2D eigenvalue weighted by Crippen LogP contribution is 2.41. The van der Waals surface area contributed by atoms with Gasteiger partial charge < -0.3 is 10.2 Å². The van der Waals surface area contributed by atoms with E-state index in [0.29, 0.717) is 11.3 Å². The number of rotatable bonds is 1. The maximum Gasteiger partial charge on any atom is 0.335 e. The minimum Gasteiger partial charge on any atom is -0.507 e. The number of benzene rings is 4. The molecule has 3 heteroatoms. The molecule has 0 saturated carbocycles. The molecule has 0 atom stereocenters. The van der Waals surface area contributed by atoms with E-state index in [2.05, 4.69) is 30.4 Å². The average Bonchev–Trinajstić information content (AvgIpc) is 2.84. The molecule has 4 aromatic carbocycles. The number of carboxylic acid groups (broad SMARTS) is 1. The fourth-order valence-corrected chi connectivity index (χ4v) is 4.77. The summed E-state index contributed by atoms with van der Waals surface area (Å²) in [5, 5.41) is 22.9. The number of allylic oxidation sites excluding steroid dienone is 4. The first kappa shape index (κ1) is 20.1. The van der Waals surface area contributed by atoms with E-state index >= 15 is 0 Å². The van der Waals surface area contributed by atoms with Crippen molar-refractivity contribution in [2.45, 2.75) is 25.7 Å². The zero-order valence-corrected chi connectivity index (χ0v) is 17.7. The fourth-order valence-electron chi connectivity index (χ4n) is 4.77. The number of phenolic OH excluding ortho intramolecular Hbond substituents is 1. The molecule has 2 aliphatic rings. The van der Waals surface area contributed by atoms with Crippen LogP contribution < -0.4 is 0 Å². The first-order chi connectivity index (χ1) is 15.6. The monoisotopic (exact) mass is 420 g/mol. The molecule has 0 unspecified atom stereocenters. The molecule has 4 aromatic rings. The van der Waals surface area contributed by atoms with Crippen molar-refractivity contribution in [3.05, 3.63) is 107 Å². The van der Waals surface area contributed by atoms with E-state index in [-0.39, 0.29) is 0 Å². The van der Waals surface area contributed by atoms with Gasteiger partial charge in [-0.3, -0.25) is 0 Å². The molecule has 2 N–H and O–H groups in total. The smallest absolute Gasteiger partial charge is 0.335 e. The van der Waals surface area contributed by atoms with E-state index in [1.807, 2.05) is 36.4 Å². The van der Waals surface area contributed by atoms with Crippen molar-refractivity contribution in [2.24, 2.45) is 0 Å². The standard InChI is InChI=1S/C18H16O.C11H8O2/c19-18-7-3-6-14-16-9-8-12-4-1-2-5-13(12)15(16)10-11-17(14)18;12-11(13)10-6-5-8-3-1-2-4-9(8)7-10/h2-3,5-7,10-11,19H,1,4,8-9H2;1-7H,(H,12,13). The van der Waals surface area contributed by atoms with Crippen molar-refractivity contribution in [3.8, 4) is 5.75 Å². The maximum atomic E-state index is 10.6. The molecule has 0 amide bonds. The Labute approximate surface area is 187 Å². The van der Waals surface area contributed by atoms with Crippen LogP contribution in [0, 0.1) is 0 Å². The van der Waals surface area contributed by atoms with Crippen LogP contribution in [0.2, 0.25) is 0 Å². The van der Waals surface area contributed by atoms with Gasteiger partial charge in [0.2, 0.25) is 0 Å². The van der Waals surface area contributed by atoms with E-state index in [4.69, 9.17) is 5.11 Å². The number of hydrogen-bond donors (Lipinski definition) is 2. The van der Waals surface area contributed by atoms with E-state index in [1.54, 1.807) is 23.8 Å². The normalized spacial score (nSPS) is 14.5. The lowest BCUT2D eigenvalue weighted by Crippen LogP contribution is -2.06. The second-order valence-electron chi connectivity index (χ2n) is 8.29. The Kier molecular flexibility index (Phi) is 5.24. The summed E-state index contributed by atoms with van der Waals surface area (Å²) >= 11 is 0. The molecule has 2 aliphatic carbocycles. The zero-order valence-electron chi connectivity index (χ0n) is 17.7. The van der Waals surface area contributed by atoms with Crippen molar-refractivity contribution in [2.75, 3.05) is 0 Å². The first-order valence-electron chi connectivity index (χ1n) is 11.0. The Bertz CT molecular complexity index is 1410. The van der Waals surface area contributed by atoms with Crippen LogP contribution in [0.1, 0.15) is 40.7 Å². The van der Waals surface area contributed by atoms with Gasteiger partial charge in [0.25, 0.3) is 0 Å². The molecule has 0 bridgehead atoms.